The standard InChI is InChI=1S/C14H13BrClNS/c15-14-8-18-7-13(14)12-4-1-10(16)5-9(12)6-17-11-2-3-11/h1,4-5,7-8,11,17H,2-3,6H2. The molecule has 1 fully saturated rings. The van der Waals surface area contributed by atoms with Crippen molar-refractivity contribution in [2.75, 3.05) is 0 Å². The second kappa shape index (κ2) is 5.33. The SMILES string of the molecule is Clc1ccc(-c2cscc2Br)c(CNC2CC2)c1. The molecule has 1 aromatic heterocycles. The molecule has 1 heterocycles. The van der Waals surface area contributed by atoms with Crippen LogP contribution in [-0.4, -0.2) is 6.04 Å². The van der Waals surface area contributed by atoms with Crippen molar-refractivity contribution in [1.82, 2.24) is 5.32 Å². The van der Waals surface area contributed by atoms with E-state index >= 15 is 0 Å². The molecule has 0 unspecified atom stereocenters. The normalized spacial score (nSPS) is 15.0. The Balaban J connectivity index is 1.94. The van der Waals surface area contributed by atoms with Gasteiger partial charge in [0.25, 0.3) is 0 Å². The summed E-state index contributed by atoms with van der Waals surface area (Å²) in [5.41, 5.74) is 3.79. The average Bonchev–Trinajstić information content (AvgIpc) is 3.09. The van der Waals surface area contributed by atoms with Crippen molar-refractivity contribution in [2.24, 2.45) is 0 Å². The topological polar surface area (TPSA) is 12.0 Å². The highest BCUT2D eigenvalue weighted by atomic mass is 79.9. The van der Waals surface area contributed by atoms with Gasteiger partial charge in [-0.25, -0.2) is 0 Å². The second-order valence-electron chi connectivity index (χ2n) is 4.59. The lowest BCUT2D eigenvalue weighted by molar-refractivity contribution is 0.689. The highest BCUT2D eigenvalue weighted by Crippen LogP contribution is 2.35. The summed E-state index contributed by atoms with van der Waals surface area (Å²) in [5.74, 6) is 0. The van der Waals surface area contributed by atoms with E-state index in [4.69, 9.17) is 11.6 Å². The molecule has 1 aliphatic rings. The van der Waals surface area contributed by atoms with Crippen molar-refractivity contribution in [2.45, 2.75) is 25.4 Å². The van der Waals surface area contributed by atoms with Crippen molar-refractivity contribution < 1.29 is 0 Å². The van der Waals surface area contributed by atoms with E-state index in [9.17, 15) is 0 Å². The van der Waals surface area contributed by atoms with Gasteiger partial charge in [-0.2, -0.15) is 11.3 Å². The first-order valence-corrected chi connectivity index (χ1v) is 8.09. The van der Waals surface area contributed by atoms with Crippen LogP contribution < -0.4 is 5.32 Å². The molecule has 0 aliphatic heterocycles. The summed E-state index contributed by atoms with van der Waals surface area (Å²) in [5, 5.41) is 8.64. The highest BCUT2D eigenvalue weighted by Gasteiger charge is 2.21. The third-order valence-electron chi connectivity index (χ3n) is 3.13. The van der Waals surface area contributed by atoms with Crippen LogP contribution >= 0.6 is 38.9 Å². The quantitative estimate of drug-likeness (QED) is 0.816. The van der Waals surface area contributed by atoms with Crippen LogP contribution in [0.25, 0.3) is 11.1 Å². The molecule has 0 bridgehead atoms. The molecule has 1 nitrogen and oxygen atoms in total. The van der Waals surface area contributed by atoms with Gasteiger partial charge in [-0.3, -0.25) is 0 Å². The molecule has 0 radical (unpaired) electrons. The Morgan fingerprint density at radius 2 is 2.11 bits per heavy atom. The van der Waals surface area contributed by atoms with Gasteiger partial charge in [-0.15, -0.1) is 0 Å². The first kappa shape index (κ1) is 12.7. The van der Waals surface area contributed by atoms with Crippen LogP contribution in [0.4, 0.5) is 0 Å². The number of nitrogens with one attached hydrogen (secondary N) is 1. The van der Waals surface area contributed by atoms with E-state index in [0.29, 0.717) is 6.04 Å². The number of thiophene rings is 1. The Bertz CT molecular complexity index is 563. The van der Waals surface area contributed by atoms with E-state index in [0.717, 1.165) is 16.0 Å². The van der Waals surface area contributed by atoms with Crippen molar-refractivity contribution >= 4 is 38.9 Å². The largest absolute Gasteiger partial charge is 0.310 e. The summed E-state index contributed by atoms with van der Waals surface area (Å²) in [4.78, 5) is 0. The molecule has 1 aromatic carbocycles. The maximum atomic E-state index is 6.11. The average molecular weight is 343 g/mol. The molecule has 18 heavy (non-hydrogen) atoms. The molecule has 0 atom stereocenters. The summed E-state index contributed by atoms with van der Waals surface area (Å²) in [6, 6.07) is 6.85. The lowest BCUT2D eigenvalue weighted by Gasteiger charge is -2.10. The van der Waals surface area contributed by atoms with Crippen LogP contribution in [0.5, 0.6) is 0 Å². The van der Waals surface area contributed by atoms with Crippen LogP contribution in [0, 0.1) is 0 Å². The first-order chi connectivity index (χ1) is 8.74. The molecule has 4 heteroatoms. The fourth-order valence-electron chi connectivity index (χ4n) is 1.99. The van der Waals surface area contributed by atoms with Gasteiger partial charge in [-0.1, -0.05) is 17.7 Å². The minimum absolute atomic E-state index is 0.711. The first-order valence-electron chi connectivity index (χ1n) is 5.98. The molecular formula is C14H13BrClNS. The van der Waals surface area contributed by atoms with Gasteiger partial charge >= 0.3 is 0 Å². The summed E-state index contributed by atoms with van der Waals surface area (Å²) in [6.07, 6.45) is 2.61. The van der Waals surface area contributed by atoms with Crippen molar-refractivity contribution in [3.05, 3.63) is 44.0 Å². The summed E-state index contributed by atoms with van der Waals surface area (Å²) < 4.78 is 1.16. The van der Waals surface area contributed by atoms with Gasteiger partial charge in [0.05, 0.1) is 0 Å². The number of hydrogen-bond acceptors (Lipinski definition) is 2. The minimum Gasteiger partial charge on any atom is -0.310 e. The van der Waals surface area contributed by atoms with Crippen LogP contribution in [-0.2, 0) is 6.54 Å². The fourth-order valence-corrected chi connectivity index (χ4v) is 3.69. The number of halogens is 2. The summed E-state index contributed by atoms with van der Waals surface area (Å²) >= 11 is 11.4. The molecule has 0 spiro atoms. The fraction of sp³-hybridized carbons (Fsp3) is 0.286. The van der Waals surface area contributed by atoms with E-state index in [-0.39, 0.29) is 0 Å². The van der Waals surface area contributed by atoms with E-state index in [1.807, 2.05) is 6.07 Å². The molecule has 3 rings (SSSR count). The van der Waals surface area contributed by atoms with E-state index in [1.54, 1.807) is 11.3 Å². The maximum absolute atomic E-state index is 6.11. The van der Waals surface area contributed by atoms with Gasteiger partial charge in [0, 0.05) is 33.0 Å². The highest BCUT2D eigenvalue weighted by molar-refractivity contribution is 9.10. The number of rotatable bonds is 4. The van der Waals surface area contributed by atoms with Crippen molar-refractivity contribution in [3.8, 4) is 11.1 Å². The van der Waals surface area contributed by atoms with E-state index in [2.05, 4.69) is 44.1 Å². The zero-order chi connectivity index (χ0) is 12.5. The minimum atomic E-state index is 0.711. The Labute approximate surface area is 124 Å². The zero-order valence-electron chi connectivity index (χ0n) is 9.75. The molecule has 2 aromatic rings. The second-order valence-corrected chi connectivity index (χ2v) is 6.62. The number of benzene rings is 1. The van der Waals surface area contributed by atoms with Gasteiger partial charge in [0.2, 0.25) is 0 Å². The maximum Gasteiger partial charge on any atom is 0.0409 e. The van der Waals surface area contributed by atoms with Gasteiger partial charge in [-0.05, 0) is 57.4 Å². The van der Waals surface area contributed by atoms with E-state index in [1.165, 1.54) is 29.5 Å². The monoisotopic (exact) mass is 341 g/mol. The molecule has 1 N–H and O–H groups in total. The predicted molar refractivity (Wildman–Crippen MR) is 82.3 cm³/mol. The Hall–Kier alpha value is -0.350. The molecule has 1 saturated carbocycles. The lowest BCUT2D eigenvalue weighted by Crippen LogP contribution is -2.15. The predicted octanol–water partition coefficient (Wildman–Crippen LogP) is 5.08. The Morgan fingerprint density at radius 1 is 1.28 bits per heavy atom. The molecular weight excluding hydrogens is 330 g/mol. The molecule has 1 aliphatic carbocycles. The summed E-state index contributed by atoms with van der Waals surface area (Å²) in [6.45, 7) is 0.892. The van der Waals surface area contributed by atoms with Crippen LogP contribution in [0.2, 0.25) is 5.02 Å². The Morgan fingerprint density at radius 3 is 2.78 bits per heavy atom. The van der Waals surface area contributed by atoms with Gasteiger partial charge in [0.15, 0.2) is 0 Å². The van der Waals surface area contributed by atoms with Crippen LogP contribution in [0.3, 0.4) is 0 Å². The molecule has 0 amide bonds. The zero-order valence-corrected chi connectivity index (χ0v) is 12.9. The van der Waals surface area contributed by atoms with Crippen LogP contribution in [0.15, 0.2) is 33.4 Å². The molecule has 0 saturated heterocycles. The van der Waals surface area contributed by atoms with Gasteiger partial charge in [0.1, 0.15) is 0 Å². The molecule has 94 valence electrons. The third kappa shape index (κ3) is 2.80. The van der Waals surface area contributed by atoms with E-state index < -0.39 is 0 Å². The van der Waals surface area contributed by atoms with Crippen molar-refractivity contribution in [1.29, 1.82) is 0 Å². The Kier molecular flexibility index (Phi) is 3.76. The lowest BCUT2D eigenvalue weighted by atomic mass is 10.0. The van der Waals surface area contributed by atoms with Gasteiger partial charge < -0.3 is 5.32 Å². The van der Waals surface area contributed by atoms with Crippen LogP contribution in [0.1, 0.15) is 18.4 Å². The third-order valence-corrected chi connectivity index (χ3v) is 5.07. The summed E-state index contributed by atoms with van der Waals surface area (Å²) in [7, 11) is 0. The smallest absolute Gasteiger partial charge is 0.0409 e. The van der Waals surface area contributed by atoms with Crippen molar-refractivity contribution in [3.63, 3.8) is 0 Å². The number of hydrogen-bond donors (Lipinski definition) is 1.